The second kappa shape index (κ2) is 5.86. The van der Waals surface area contributed by atoms with Gasteiger partial charge in [-0.25, -0.2) is 0 Å². The number of benzene rings is 1. The van der Waals surface area contributed by atoms with Crippen molar-refractivity contribution in [3.05, 3.63) is 34.3 Å². The largest absolute Gasteiger partial charge is 0.345 e. The topological polar surface area (TPSA) is 41.1 Å². The predicted molar refractivity (Wildman–Crippen MR) is 83.4 cm³/mol. The molecule has 1 amide bonds. The highest BCUT2D eigenvalue weighted by Gasteiger charge is 2.39. The first-order valence-corrected chi connectivity index (χ1v) is 8.25. The van der Waals surface area contributed by atoms with Gasteiger partial charge in [0.15, 0.2) is 0 Å². The summed E-state index contributed by atoms with van der Waals surface area (Å²) in [4.78, 5) is 12.1. The first-order valence-electron chi connectivity index (χ1n) is 7.46. The van der Waals surface area contributed by atoms with Gasteiger partial charge in [-0.3, -0.25) is 4.79 Å². The van der Waals surface area contributed by atoms with Crippen LogP contribution in [0.25, 0.3) is 0 Å². The van der Waals surface area contributed by atoms with Gasteiger partial charge in [-0.15, -0.1) is 0 Å². The second-order valence-electron chi connectivity index (χ2n) is 6.07. The number of hydrogen-bond donors (Lipinski definition) is 2. The minimum absolute atomic E-state index is 0.116. The fraction of sp³-hybridized carbons (Fsp3) is 0.562. The van der Waals surface area contributed by atoms with Gasteiger partial charge in [0.1, 0.15) is 0 Å². The van der Waals surface area contributed by atoms with Crippen LogP contribution in [0, 0.1) is 5.92 Å². The van der Waals surface area contributed by atoms with Crippen molar-refractivity contribution < 1.29 is 4.79 Å². The monoisotopic (exact) mass is 336 g/mol. The molecule has 0 bridgehead atoms. The second-order valence-corrected chi connectivity index (χ2v) is 6.98. The highest BCUT2D eigenvalue weighted by atomic mass is 79.9. The van der Waals surface area contributed by atoms with Crippen molar-refractivity contribution in [2.45, 2.75) is 37.6 Å². The summed E-state index contributed by atoms with van der Waals surface area (Å²) in [6, 6.07) is 8.30. The Balaban J connectivity index is 1.59. The zero-order valence-corrected chi connectivity index (χ0v) is 13.2. The third-order valence-corrected chi connectivity index (χ3v) is 4.87. The van der Waals surface area contributed by atoms with Gasteiger partial charge < -0.3 is 10.6 Å². The Labute approximate surface area is 128 Å². The van der Waals surface area contributed by atoms with Crippen molar-refractivity contribution in [3.63, 3.8) is 0 Å². The van der Waals surface area contributed by atoms with Crippen LogP contribution in [0.2, 0.25) is 0 Å². The van der Waals surface area contributed by atoms with Crippen LogP contribution in [0.1, 0.15) is 37.7 Å². The summed E-state index contributed by atoms with van der Waals surface area (Å²) in [5.41, 5.74) is 1.08. The molecule has 0 heterocycles. The standard InChI is InChI=1S/C16H21BrN2O/c17-14-4-1-3-13(9-14)16(7-2-8-16)19-15(20)11-18-10-12-5-6-12/h1,3-4,9,12,18H,2,5-8,10-11H2,(H,19,20). The molecule has 0 radical (unpaired) electrons. The molecule has 2 saturated carbocycles. The van der Waals surface area contributed by atoms with E-state index < -0.39 is 0 Å². The van der Waals surface area contributed by atoms with Crippen LogP contribution in [-0.4, -0.2) is 19.0 Å². The maximum Gasteiger partial charge on any atom is 0.234 e. The van der Waals surface area contributed by atoms with Crippen molar-refractivity contribution in [1.29, 1.82) is 0 Å². The summed E-state index contributed by atoms with van der Waals surface area (Å²) in [5.74, 6) is 0.927. The van der Waals surface area contributed by atoms with E-state index >= 15 is 0 Å². The Morgan fingerprint density at radius 3 is 2.75 bits per heavy atom. The first kappa shape index (κ1) is 14.1. The summed E-state index contributed by atoms with van der Waals surface area (Å²) < 4.78 is 1.07. The molecular formula is C16H21BrN2O. The van der Waals surface area contributed by atoms with Crippen LogP contribution in [0.3, 0.4) is 0 Å². The number of halogens is 1. The summed E-state index contributed by atoms with van der Waals surface area (Å²) in [6.45, 7) is 1.42. The van der Waals surface area contributed by atoms with Gasteiger partial charge in [0, 0.05) is 4.47 Å². The molecule has 0 atom stereocenters. The lowest BCUT2D eigenvalue weighted by molar-refractivity contribution is -0.123. The summed E-state index contributed by atoms with van der Waals surface area (Å²) in [7, 11) is 0. The summed E-state index contributed by atoms with van der Waals surface area (Å²) in [5, 5.41) is 6.50. The molecule has 2 aliphatic carbocycles. The number of carbonyl (C=O) groups excluding carboxylic acids is 1. The van der Waals surface area contributed by atoms with Crippen LogP contribution in [0.15, 0.2) is 28.7 Å². The number of amides is 1. The van der Waals surface area contributed by atoms with E-state index in [1.54, 1.807) is 0 Å². The predicted octanol–water partition coefficient (Wildman–Crippen LogP) is 2.94. The lowest BCUT2D eigenvalue weighted by Crippen LogP contribution is -2.53. The van der Waals surface area contributed by atoms with Crippen LogP contribution < -0.4 is 10.6 Å². The molecule has 0 aliphatic heterocycles. The number of carbonyl (C=O) groups is 1. The van der Waals surface area contributed by atoms with E-state index in [1.165, 1.54) is 24.8 Å². The van der Waals surface area contributed by atoms with E-state index in [1.807, 2.05) is 12.1 Å². The minimum atomic E-state index is -0.137. The quantitative estimate of drug-likeness (QED) is 0.838. The molecule has 2 aliphatic rings. The zero-order chi connectivity index (χ0) is 14.0. The Morgan fingerprint density at radius 1 is 1.35 bits per heavy atom. The van der Waals surface area contributed by atoms with E-state index in [2.05, 4.69) is 38.7 Å². The van der Waals surface area contributed by atoms with Crippen molar-refractivity contribution in [2.75, 3.05) is 13.1 Å². The van der Waals surface area contributed by atoms with Gasteiger partial charge in [-0.1, -0.05) is 28.1 Å². The lowest BCUT2D eigenvalue weighted by atomic mass is 9.72. The van der Waals surface area contributed by atoms with Gasteiger partial charge >= 0.3 is 0 Å². The first-order chi connectivity index (χ1) is 9.68. The molecule has 0 spiro atoms. The molecule has 1 aromatic rings. The Kier molecular flexibility index (Phi) is 4.13. The Bertz CT molecular complexity index is 495. The van der Waals surface area contributed by atoms with E-state index in [0.717, 1.165) is 29.8 Å². The van der Waals surface area contributed by atoms with E-state index in [9.17, 15) is 4.79 Å². The third-order valence-electron chi connectivity index (χ3n) is 4.38. The molecular weight excluding hydrogens is 316 g/mol. The summed E-state index contributed by atoms with van der Waals surface area (Å²) in [6.07, 6.45) is 5.89. The molecule has 0 unspecified atom stereocenters. The molecule has 2 fully saturated rings. The average Bonchev–Trinajstić information content (AvgIpc) is 3.18. The number of hydrogen-bond acceptors (Lipinski definition) is 2. The smallest absolute Gasteiger partial charge is 0.234 e. The van der Waals surface area contributed by atoms with Crippen molar-refractivity contribution in [1.82, 2.24) is 10.6 Å². The van der Waals surface area contributed by atoms with Crippen LogP contribution in [0.4, 0.5) is 0 Å². The molecule has 20 heavy (non-hydrogen) atoms. The molecule has 108 valence electrons. The zero-order valence-electron chi connectivity index (χ0n) is 11.6. The maximum atomic E-state index is 12.1. The van der Waals surface area contributed by atoms with E-state index in [-0.39, 0.29) is 11.4 Å². The lowest BCUT2D eigenvalue weighted by Gasteiger charge is -2.43. The van der Waals surface area contributed by atoms with E-state index in [0.29, 0.717) is 6.54 Å². The van der Waals surface area contributed by atoms with Crippen molar-refractivity contribution in [2.24, 2.45) is 5.92 Å². The molecule has 0 aromatic heterocycles. The summed E-state index contributed by atoms with van der Waals surface area (Å²) >= 11 is 3.51. The molecule has 3 nitrogen and oxygen atoms in total. The highest BCUT2D eigenvalue weighted by molar-refractivity contribution is 9.10. The van der Waals surface area contributed by atoms with Gasteiger partial charge in [-0.2, -0.15) is 0 Å². The number of rotatable bonds is 6. The SMILES string of the molecule is O=C(CNCC1CC1)NC1(c2cccc(Br)c2)CCC1. The Morgan fingerprint density at radius 2 is 2.15 bits per heavy atom. The van der Waals surface area contributed by atoms with Gasteiger partial charge in [0.05, 0.1) is 12.1 Å². The molecule has 3 rings (SSSR count). The maximum absolute atomic E-state index is 12.1. The van der Waals surface area contributed by atoms with Crippen LogP contribution >= 0.6 is 15.9 Å². The third kappa shape index (κ3) is 3.23. The van der Waals surface area contributed by atoms with Crippen molar-refractivity contribution in [3.8, 4) is 0 Å². The fourth-order valence-electron chi connectivity index (χ4n) is 2.83. The normalized spacial score (nSPS) is 20.2. The van der Waals surface area contributed by atoms with Gasteiger partial charge in [0.25, 0.3) is 0 Å². The van der Waals surface area contributed by atoms with Crippen molar-refractivity contribution >= 4 is 21.8 Å². The number of nitrogens with one attached hydrogen (secondary N) is 2. The Hall–Kier alpha value is -0.870. The molecule has 2 N–H and O–H groups in total. The van der Waals surface area contributed by atoms with Crippen LogP contribution in [0.5, 0.6) is 0 Å². The van der Waals surface area contributed by atoms with Crippen LogP contribution in [-0.2, 0) is 10.3 Å². The molecule has 0 saturated heterocycles. The fourth-order valence-corrected chi connectivity index (χ4v) is 3.22. The average molecular weight is 337 g/mol. The van der Waals surface area contributed by atoms with Gasteiger partial charge in [-0.05, 0) is 62.3 Å². The molecule has 1 aromatic carbocycles. The van der Waals surface area contributed by atoms with E-state index in [4.69, 9.17) is 0 Å². The minimum Gasteiger partial charge on any atom is -0.345 e. The molecule has 4 heteroatoms. The highest BCUT2D eigenvalue weighted by Crippen LogP contribution is 2.41. The van der Waals surface area contributed by atoms with Gasteiger partial charge in [0.2, 0.25) is 5.91 Å².